The minimum Gasteiger partial charge on any atom is -0.496 e. The van der Waals surface area contributed by atoms with Crippen molar-refractivity contribution in [2.45, 2.75) is 19.9 Å². The van der Waals surface area contributed by atoms with Crippen molar-refractivity contribution < 1.29 is 14.6 Å². The molecule has 0 fully saturated rings. The van der Waals surface area contributed by atoms with Gasteiger partial charge in [-0.3, -0.25) is 4.79 Å². The first-order chi connectivity index (χ1) is 8.49. The van der Waals surface area contributed by atoms with E-state index < -0.39 is 0 Å². The number of aliphatic hydroxyl groups excluding tert-OH is 1. The van der Waals surface area contributed by atoms with Crippen LogP contribution >= 0.6 is 11.6 Å². The van der Waals surface area contributed by atoms with Crippen molar-refractivity contribution in [3.63, 3.8) is 0 Å². The topological polar surface area (TPSA) is 58.6 Å². The lowest BCUT2D eigenvalue weighted by molar-refractivity contribution is 0.0913. The largest absolute Gasteiger partial charge is 0.496 e. The van der Waals surface area contributed by atoms with E-state index in [1.165, 1.54) is 7.11 Å². The lowest BCUT2D eigenvalue weighted by Gasteiger charge is -2.20. The van der Waals surface area contributed by atoms with Gasteiger partial charge in [-0.1, -0.05) is 18.5 Å². The molecule has 1 aromatic carbocycles. The number of benzene rings is 1. The molecular weight excluding hydrogens is 254 g/mol. The van der Waals surface area contributed by atoms with Gasteiger partial charge >= 0.3 is 0 Å². The highest BCUT2D eigenvalue weighted by atomic mass is 35.5. The Morgan fingerprint density at radius 1 is 1.50 bits per heavy atom. The Balaban J connectivity index is 2.84. The molecule has 0 bridgehead atoms. The smallest absolute Gasteiger partial charge is 0.255 e. The van der Waals surface area contributed by atoms with Crippen LogP contribution in [0.5, 0.6) is 5.75 Å². The number of carbonyl (C=O) groups is 1. The van der Waals surface area contributed by atoms with Crippen molar-refractivity contribution in [1.82, 2.24) is 5.32 Å². The number of carbonyl (C=O) groups excluding carboxylic acids is 1. The van der Waals surface area contributed by atoms with Gasteiger partial charge in [0.2, 0.25) is 0 Å². The Hall–Kier alpha value is -1.26. The van der Waals surface area contributed by atoms with E-state index in [1.807, 2.05) is 13.8 Å². The molecule has 0 aliphatic rings. The van der Waals surface area contributed by atoms with Gasteiger partial charge in [-0.2, -0.15) is 0 Å². The zero-order chi connectivity index (χ0) is 13.7. The van der Waals surface area contributed by atoms with Crippen LogP contribution in [0.1, 0.15) is 24.2 Å². The molecule has 0 aliphatic carbocycles. The molecule has 0 saturated carbocycles. The van der Waals surface area contributed by atoms with Crippen molar-refractivity contribution in [1.29, 1.82) is 0 Å². The Kier molecular flexibility index (Phi) is 5.44. The van der Waals surface area contributed by atoms with Crippen LogP contribution in [0.25, 0.3) is 0 Å². The third-order valence-corrected chi connectivity index (χ3v) is 3.14. The van der Waals surface area contributed by atoms with Crippen molar-refractivity contribution in [3.05, 3.63) is 28.8 Å². The first-order valence-corrected chi connectivity index (χ1v) is 6.12. The van der Waals surface area contributed by atoms with Gasteiger partial charge < -0.3 is 15.2 Å². The number of amides is 1. The summed E-state index contributed by atoms with van der Waals surface area (Å²) in [4.78, 5) is 12.1. The summed E-state index contributed by atoms with van der Waals surface area (Å²) >= 11 is 5.83. The lowest BCUT2D eigenvalue weighted by atomic mass is 10.0. The number of nitrogens with one attached hydrogen (secondary N) is 1. The van der Waals surface area contributed by atoms with E-state index in [4.69, 9.17) is 21.4 Å². The average molecular weight is 272 g/mol. The summed E-state index contributed by atoms with van der Waals surface area (Å²) in [6.07, 6.45) is 0. The van der Waals surface area contributed by atoms with E-state index in [1.54, 1.807) is 18.2 Å². The summed E-state index contributed by atoms with van der Waals surface area (Å²) < 4.78 is 5.12. The molecule has 0 radical (unpaired) electrons. The van der Waals surface area contributed by atoms with E-state index in [2.05, 4.69) is 5.32 Å². The van der Waals surface area contributed by atoms with Gasteiger partial charge in [-0.05, 0) is 31.0 Å². The Bertz CT molecular complexity index is 423. The number of hydrogen-bond donors (Lipinski definition) is 2. The second-order valence-electron chi connectivity index (χ2n) is 4.27. The van der Waals surface area contributed by atoms with Gasteiger partial charge in [-0.25, -0.2) is 0 Å². The summed E-state index contributed by atoms with van der Waals surface area (Å²) in [6.45, 7) is 3.74. The second-order valence-corrected chi connectivity index (χ2v) is 4.70. The summed E-state index contributed by atoms with van der Waals surface area (Å²) in [6, 6.07) is 4.73. The van der Waals surface area contributed by atoms with Crippen LogP contribution in [0.15, 0.2) is 18.2 Å². The molecule has 0 aromatic heterocycles. The maximum atomic E-state index is 12.1. The van der Waals surface area contributed by atoms with Crippen LogP contribution < -0.4 is 10.1 Å². The quantitative estimate of drug-likeness (QED) is 0.862. The molecule has 0 spiro atoms. The molecule has 100 valence electrons. The van der Waals surface area contributed by atoms with Crippen molar-refractivity contribution in [2.75, 3.05) is 13.7 Å². The van der Waals surface area contributed by atoms with E-state index in [9.17, 15) is 4.79 Å². The van der Waals surface area contributed by atoms with Crippen molar-refractivity contribution >= 4 is 17.5 Å². The fourth-order valence-electron chi connectivity index (χ4n) is 1.44. The van der Waals surface area contributed by atoms with Crippen LogP contribution in [0.3, 0.4) is 0 Å². The number of ether oxygens (including phenoxy) is 1. The maximum Gasteiger partial charge on any atom is 0.255 e. The first-order valence-electron chi connectivity index (χ1n) is 5.74. The highest BCUT2D eigenvalue weighted by Crippen LogP contribution is 2.23. The Morgan fingerprint density at radius 2 is 2.17 bits per heavy atom. The van der Waals surface area contributed by atoms with E-state index >= 15 is 0 Å². The second kappa shape index (κ2) is 6.61. The maximum absolute atomic E-state index is 12.1. The third-order valence-electron chi connectivity index (χ3n) is 2.91. The number of hydrogen-bond acceptors (Lipinski definition) is 3. The predicted octanol–water partition coefficient (Wildman–Crippen LogP) is 2.10. The van der Waals surface area contributed by atoms with Gasteiger partial charge in [0.1, 0.15) is 5.75 Å². The summed E-state index contributed by atoms with van der Waals surface area (Å²) in [7, 11) is 1.49. The van der Waals surface area contributed by atoms with E-state index in [0.29, 0.717) is 16.3 Å². The molecule has 4 nitrogen and oxygen atoms in total. The number of methoxy groups -OCH3 is 1. The van der Waals surface area contributed by atoms with Crippen LogP contribution in [-0.2, 0) is 0 Å². The minimum absolute atomic E-state index is 0.00718. The van der Waals surface area contributed by atoms with Crippen LogP contribution in [0, 0.1) is 5.92 Å². The summed E-state index contributed by atoms with van der Waals surface area (Å²) in [5.41, 5.74) is 0.430. The lowest BCUT2D eigenvalue weighted by Crippen LogP contribution is -2.38. The first kappa shape index (κ1) is 14.8. The minimum atomic E-state index is -0.240. The molecule has 0 saturated heterocycles. The summed E-state index contributed by atoms with van der Waals surface area (Å²) in [5, 5.41) is 12.4. The monoisotopic (exact) mass is 271 g/mol. The van der Waals surface area contributed by atoms with E-state index in [-0.39, 0.29) is 24.5 Å². The standard InChI is InChI=1S/C13H18ClNO3/c1-8(7-16)9(2)15-13(17)11-5-4-10(14)6-12(11)18-3/h4-6,8-9,16H,7H2,1-3H3,(H,15,17). The number of rotatable bonds is 5. The number of halogens is 1. The molecule has 0 heterocycles. The molecule has 2 N–H and O–H groups in total. The molecule has 1 aromatic rings. The van der Waals surface area contributed by atoms with E-state index in [0.717, 1.165) is 0 Å². The van der Waals surface area contributed by atoms with Crippen LogP contribution in [0.4, 0.5) is 0 Å². The Morgan fingerprint density at radius 3 is 2.72 bits per heavy atom. The SMILES string of the molecule is COc1cc(Cl)ccc1C(=O)NC(C)C(C)CO. The zero-order valence-corrected chi connectivity index (χ0v) is 11.5. The molecule has 1 rings (SSSR count). The van der Waals surface area contributed by atoms with Crippen molar-refractivity contribution in [3.8, 4) is 5.75 Å². The Labute approximate surface area is 112 Å². The predicted molar refractivity (Wildman–Crippen MR) is 71.2 cm³/mol. The highest BCUT2D eigenvalue weighted by molar-refractivity contribution is 6.30. The molecule has 1 amide bonds. The van der Waals surface area contributed by atoms with Crippen molar-refractivity contribution in [2.24, 2.45) is 5.92 Å². The van der Waals surface area contributed by atoms with Crippen LogP contribution in [-0.4, -0.2) is 30.8 Å². The van der Waals surface area contributed by atoms with Gasteiger partial charge in [0.25, 0.3) is 5.91 Å². The highest BCUT2D eigenvalue weighted by Gasteiger charge is 2.18. The normalized spacial score (nSPS) is 13.8. The average Bonchev–Trinajstić information content (AvgIpc) is 2.37. The zero-order valence-electron chi connectivity index (χ0n) is 10.7. The fourth-order valence-corrected chi connectivity index (χ4v) is 1.60. The third kappa shape index (κ3) is 3.62. The van der Waals surface area contributed by atoms with Crippen LogP contribution in [0.2, 0.25) is 5.02 Å². The van der Waals surface area contributed by atoms with Gasteiger partial charge in [-0.15, -0.1) is 0 Å². The molecule has 2 unspecified atom stereocenters. The molecule has 18 heavy (non-hydrogen) atoms. The molecule has 5 heteroatoms. The van der Waals surface area contributed by atoms with Gasteiger partial charge in [0.15, 0.2) is 0 Å². The summed E-state index contributed by atoms with van der Waals surface area (Å²) in [5.74, 6) is 0.187. The van der Waals surface area contributed by atoms with Gasteiger partial charge in [0, 0.05) is 17.7 Å². The molecule has 0 aliphatic heterocycles. The fraction of sp³-hybridized carbons (Fsp3) is 0.462. The molecule has 2 atom stereocenters. The molecular formula is C13H18ClNO3. The van der Waals surface area contributed by atoms with Gasteiger partial charge in [0.05, 0.1) is 12.7 Å². The number of aliphatic hydroxyl groups is 1.